The van der Waals surface area contributed by atoms with Gasteiger partial charge in [0.15, 0.2) is 0 Å². The van der Waals surface area contributed by atoms with E-state index in [2.05, 4.69) is 19.2 Å². The average Bonchev–Trinajstić information content (AvgIpc) is 2.99. The van der Waals surface area contributed by atoms with Crippen LogP contribution in [-0.4, -0.2) is 25.2 Å². The van der Waals surface area contributed by atoms with E-state index in [0.29, 0.717) is 12.0 Å². The van der Waals surface area contributed by atoms with Gasteiger partial charge in [-0.3, -0.25) is 0 Å². The van der Waals surface area contributed by atoms with Gasteiger partial charge in [0.2, 0.25) is 0 Å². The summed E-state index contributed by atoms with van der Waals surface area (Å²) in [5.41, 5.74) is 1.37. The Morgan fingerprint density at radius 1 is 1.32 bits per heavy atom. The molecule has 1 unspecified atom stereocenters. The summed E-state index contributed by atoms with van der Waals surface area (Å²) >= 11 is 1.93. The summed E-state index contributed by atoms with van der Waals surface area (Å²) in [6.45, 7) is 6.23. The zero-order valence-electron chi connectivity index (χ0n) is 12.4. The number of methoxy groups -OCH3 is 1. The van der Waals surface area contributed by atoms with Gasteiger partial charge in [-0.1, -0.05) is 26.7 Å². The molecule has 0 fully saturated rings. The normalized spacial score (nSPS) is 16.0. The van der Waals surface area contributed by atoms with Crippen LogP contribution in [0.3, 0.4) is 0 Å². The van der Waals surface area contributed by atoms with E-state index < -0.39 is 0 Å². The quantitative estimate of drug-likeness (QED) is 0.743. The van der Waals surface area contributed by atoms with Gasteiger partial charge in [-0.15, -0.1) is 11.3 Å². The Hall–Kier alpha value is -0.450. The van der Waals surface area contributed by atoms with Crippen LogP contribution >= 0.6 is 11.3 Å². The molecule has 1 aliphatic carbocycles. The molecule has 0 bridgehead atoms. The smallest absolute Gasteiger partial charge is 0.110 e. The van der Waals surface area contributed by atoms with E-state index in [0.717, 1.165) is 13.2 Å². The van der Waals surface area contributed by atoms with Gasteiger partial charge < -0.3 is 10.1 Å². The third-order valence-electron chi connectivity index (χ3n) is 4.07. The van der Waals surface area contributed by atoms with Gasteiger partial charge in [-0.25, -0.2) is 4.98 Å². The number of thiazole rings is 1. The number of hydrogen-bond acceptors (Lipinski definition) is 4. The van der Waals surface area contributed by atoms with Crippen molar-refractivity contribution in [3.8, 4) is 0 Å². The minimum Gasteiger partial charge on any atom is -0.383 e. The Balaban J connectivity index is 2.10. The van der Waals surface area contributed by atoms with Crippen molar-refractivity contribution in [3.05, 3.63) is 15.6 Å². The Bertz CT molecular complexity index is 366. The predicted octanol–water partition coefficient (Wildman–Crippen LogP) is 3.35. The van der Waals surface area contributed by atoms with Crippen molar-refractivity contribution >= 4 is 11.3 Å². The van der Waals surface area contributed by atoms with Gasteiger partial charge in [-0.2, -0.15) is 0 Å². The van der Waals surface area contributed by atoms with Crippen molar-refractivity contribution in [1.82, 2.24) is 10.3 Å². The summed E-state index contributed by atoms with van der Waals surface area (Å²) in [6.07, 6.45) is 6.11. The fourth-order valence-corrected chi connectivity index (χ4v) is 4.20. The fourth-order valence-electron chi connectivity index (χ4n) is 2.88. The van der Waals surface area contributed by atoms with E-state index in [9.17, 15) is 0 Å². The standard InChI is InChI=1S/C15H26N2OS/c1-4-11(5-2)14(16-9-10-18-3)15-17-12-7-6-8-13(12)19-15/h11,14,16H,4-10H2,1-3H3. The lowest BCUT2D eigenvalue weighted by atomic mass is 9.94. The molecule has 1 aromatic rings. The number of hydrogen-bond donors (Lipinski definition) is 1. The number of ether oxygens (including phenoxy) is 1. The first-order chi connectivity index (χ1) is 9.30. The Labute approximate surface area is 120 Å². The highest BCUT2D eigenvalue weighted by molar-refractivity contribution is 7.11. The summed E-state index contributed by atoms with van der Waals surface area (Å²) in [5, 5.41) is 4.95. The first-order valence-corrected chi connectivity index (χ1v) is 8.32. The van der Waals surface area contributed by atoms with E-state index >= 15 is 0 Å². The number of nitrogens with zero attached hydrogens (tertiary/aromatic N) is 1. The molecule has 0 radical (unpaired) electrons. The first kappa shape index (κ1) is 14.9. The van der Waals surface area contributed by atoms with Gasteiger partial charge in [0.05, 0.1) is 18.3 Å². The zero-order chi connectivity index (χ0) is 13.7. The van der Waals surface area contributed by atoms with Crippen LogP contribution in [0.4, 0.5) is 0 Å². The number of rotatable bonds is 8. The van der Waals surface area contributed by atoms with Crippen LogP contribution in [0.5, 0.6) is 0 Å². The molecular formula is C15H26N2OS. The van der Waals surface area contributed by atoms with Crippen molar-refractivity contribution in [1.29, 1.82) is 0 Å². The van der Waals surface area contributed by atoms with E-state index in [1.54, 1.807) is 7.11 Å². The van der Waals surface area contributed by atoms with Gasteiger partial charge >= 0.3 is 0 Å². The maximum atomic E-state index is 5.16. The largest absolute Gasteiger partial charge is 0.383 e. The van der Waals surface area contributed by atoms with Crippen LogP contribution in [0.1, 0.15) is 54.7 Å². The van der Waals surface area contributed by atoms with Crippen molar-refractivity contribution in [3.63, 3.8) is 0 Å². The number of aromatic nitrogens is 1. The summed E-state index contributed by atoms with van der Waals surface area (Å²) in [4.78, 5) is 6.43. The molecule has 19 heavy (non-hydrogen) atoms. The molecular weight excluding hydrogens is 256 g/mol. The van der Waals surface area contributed by atoms with E-state index in [1.165, 1.54) is 47.7 Å². The number of nitrogens with one attached hydrogen (secondary N) is 1. The monoisotopic (exact) mass is 282 g/mol. The minimum atomic E-state index is 0.403. The lowest BCUT2D eigenvalue weighted by Crippen LogP contribution is -2.30. The minimum absolute atomic E-state index is 0.403. The summed E-state index contributed by atoms with van der Waals surface area (Å²) in [7, 11) is 1.76. The number of aryl methyl sites for hydroxylation is 2. The Kier molecular flexibility index (Phi) is 5.79. The molecule has 4 heteroatoms. The molecule has 1 aromatic heterocycles. The van der Waals surface area contributed by atoms with Gasteiger partial charge in [0.25, 0.3) is 0 Å². The SMILES string of the molecule is CCC(CC)C(NCCOC)c1nc2c(s1)CCC2. The highest BCUT2D eigenvalue weighted by Gasteiger charge is 2.26. The highest BCUT2D eigenvalue weighted by Crippen LogP contribution is 2.35. The molecule has 1 atom stereocenters. The van der Waals surface area contributed by atoms with Crippen LogP contribution in [-0.2, 0) is 17.6 Å². The predicted molar refractivity (Wildman–Crippen MR) is 80.8 cm³/mol. The second kappa shape index (κ2) is 7.36. The lowest BCUT2D eigenvalue weighted by Gasteiger charge is -2.24. The molecule has 0 saturated heterocycles. The molecule has 3 nitrogen and oxygen atoms in total. The molecule has 0 aromatic carbocycles. The zero-order valence-corrected chi connectivity index (χ0v) is 13.2. The summed E-state index contributed by atoms with van der Waals surface area (Å²) in [5.74, 6) is 0.670. The van der Waals surface area contributed by atoms with Crippen LogP contribution in [0.15, 0.2) is 0 Å². The molecule has 0 amide bonds. The molecule has 1 aliphatic rings. The molecule has 1 heterocycles. The molecule has 0 aliphatic heterocycles. The molecule has 2 rings (SSSR count). The average molecular weight is 282 g/mol. The summed E-state index contributed by atoms with van der Waals surface area (Å²) < 4.78 is 5.16. The maximum Gasteiger partial charge on any atom is 0.110 e. The van der Waals surface area contributed by atoms with Crippen LogP contribution < -0.4 is 5.32 Å². The molecule has 1 N–H and O–H groups in total. The molecule has 0 spiro atoms. The van der Waals surface area contributed by atoms with Crippen LogP contribution in [0.25, 0.3) is 0 Å². The van der Waals surface area contributed by atoms with E-state index in [4.69, 9.17) is 9.72 Å². The molecule has 108 valence electrons. The summed E-state index contributed by atoms with van der Waals surface area (Å²) in [6, 6.07) is 0.403. The van der Waals surface area contributed by atoms with Crippen molar-refractivity contribution in [2.75, 3.05) is 20.3 Å². The van der Waals surface area contributed by atoms with Gasteiger partial charge in [-0.05, 0) is 25.2 Å². The van der Waals surface area contributed by atoms with Crippen LogP contribution in [0.2, 0.25) is 0 Å². The maximum absolute atomic E-state index is 5.16. The van der Waals surface area contributed by atoms with Crippen molar-refractivity contribution < 1.29 is 4.74 Å². The topological polar surface area (TPSA) is 34.1 Å². The van der Waals surface area contributed by atoms with Crippen LogP contribution in [0, 0.1) is 5.92 Å². The Morgan fingerprint density at radius 3 is 2.74 bits per heavy atom. The third kappa shape index (κ3) is 3.56. The third-order valence-corrected chi connectivity index (χ3v) is 5.31. The Morgan fingerprint density at radius 2 is 2.11 bits per heavy atom. The molecule has 0 saturated carbocycles. The number of fused-ring (bicyclic) bond motifs is 1. The second-order valence-electron chi connectivity index (χ2n) is 5.28. The van der Waals surface area contributed by atoms with E-state index in [1.807, 2.05) is 11.3 Å². The second-order valence-corrected chi connectivity index (χ2v) is 6.39. The van der Waals surface area contributed by atoms with Crippen molar-refractivity contribution in [2.45, 2.75) is 52.0 Å². The first-order valence-electron chi connectivity index (χ1n) is 7.50. The van der Waals surface area contributed by atoms with Gasteiger partial charge in [0, 0.05) is 18.5 Å². The lowest BCUT2D eigenvalue weighted by molar-refractivity contribution is 0.189. The van der Waals surface area contributed by atoms with Gasteiger partial charge in [0.1, 0.15) is 5.01 Å². The van der Waals surface area contributed by atoms with Crippen molar-refractivity contribution in [2.24, 2.45) is 5.92 Å². The fraction of sp³-hybridized carbons (Fsp3) is 0.800. The highest BCUT2D eigenvalue weighted by atomic mass is 32.1. The van der Waals surface area contributed by atoms with E-state index in [-0.39, 0.29) is 0 Å².